The third-order valence-electron chi connectivity index (χ3n) is 4.00. The zero-order valence-corrected chi connectivity index (χ0v) is 18.7. The summed E-state index contributed by atoms with van der Waals surface area (Å²) < 4.78 is 5.37. The van der Waals surface area contributed by atoms with Gasteiger partial charge in [-0.25, -0.2) is 0 Å². The lowest BCUT2D eigenvalue weighted by Gasteiger charge is -2.39. The van der Waals surface area contributed by atoms with Crippen LogP contribution in [0.25, 0.3) is 0 Å². The normalized spacial score (nSPS) is 17.0. The molecular weight excluding hydrogens is 449 g/mol. The molecule has 2 rings (SSSR count). The molecule has 1 fully saturated rings. The van der Waals surface area contributed by atoms with Gasteiger partial charge in [0, 0.05) is 42.7 Å². The van der Waals surface area contributed by atoms with E-state index >= 15 is 0 Å². The molecule has 0 spiro atoms. The van der Waals surface area contributed by atoms with Gasteiger partial charge in [0.2, 0.25) is 0 Å². The van der Waals surface area contributed by atoms with Crippen molar-refractivity contribution in [3.05, 3.63) is 23.8 Å². The summed E-state index contributed by atoms with van der Waals surface area (Å²) in [5, 5.41) is 13.4. The van der Waals surface area contributed by atoms with Crippen LogP contribution in [0.4, 0.5) is 0 Å². The summed E-state index contributed by atoms with van der Waals surface area (Å²) in [5.41, 5.74) is 0.893. The fourth-order valence-corrected chi connectivity index (χ4v) is 3.90. The van der Waals surface area contributed by atoms with E-state index in [1.54, 1.807) is 13.2 Å². The topological polar surface area (TPSA) is 57.1 Å². The largest absolute Gasteiger partial charge is 0.508 e. The summed E-state index contributed by atoms with van der Waals surface area (Å²) in [5.74, 6) is 3.03. The van der Waals surface area contributed by atoms with Gasteiger partial charge in [0.05, 0.1) is 7.11 Å². The number of guanidine groups is 1. The number of aromatic hydroxyl groups is 1. The summed E-state index contributed by atoms with van der Waals surface area (Å²) in [7, 11) is 1.60. The van der Waals surface area contributed by atoms with Gasteiger partial charge in [-0.2, -0.15) is 11.8 Å². The highest BCUT2D eigenvalue weighted by Gasteiger charge is 2.28. The summed E-state index contributed by atoms with van der Waals surface area (Å²) in [6.07, 6.45) is 0.705. The molecule has 5 nitrogen and oxygen atoms in total. The van der Waals surface area contributed by atoms with Crippen molar-refractivity contribution in [2.45, 2.75) is 31.9 Å². The van der Waals surface area contributed by atoms with Crippen molar-refractivity contribution in [2.24, 2.45) is 4.99 Å². The number of rotatable bonds is 5. The van der Waals surface area contributed by atoms with E-state index in [9.17, 15) is 5.11 Å². The Labute approximate surface area is 172 Å². The maximum absolute atomic E-state index is 10.1. The molecule has 1 aliphatic heterocycles. The molecule has 0 radical (unpaired) electrons. The Morgan fingerprint density at radius 2 is 2.20 bits per heavy atom. The second-order valence-electron chi connectivity index (χ2n) is 6.51. The quantitative estimate of drug-likeness (QED) is 0.386. The number of ether oxygens (including phenoxy) is 1. The minimum absolute atomic E-state index is 0. The van der Waals surface area contributed by atoms with Gasteiger partial charge in [-0.15, -0.1) is 24.0 Å². The molecule has 1 heterocycles. The fraction of sp³-hybridized carbons (Fsp3) is 0.611. The Morgan fingerprint density at radius 3 is 2.80 bits per heavy atom. The third-order valence-corrected chi connectivity index (χ3v) is 5.29. The van der Waals surface area contributed by atoms with Crippen molar-refractivity contribution < 1.29 is 9.84 Å². The predicted octanol–water partition coefficient (Wildman–Crippen LogP) is 3.35. The van der Waals surface area contributed by atoms with E-state index in [1.807, 2.05) is 23.9 Å². The molecule has 1 saturated heterocycles. The molecule has 0 bridgehead atoms. The Bertz CT molecular complexity index is 581. The maximum atomic E-state index is 10.1. The van der Waals surface area contributed by atoms with Crippen molar-refractivity contribution >= 4 is 41.7 Å². The molecule has 25 heavy (non-hydrogen) atoms. The smallest absolute Gasteiger partial charge is 0.193 e. The van der Waals surface area contributed by atoms with Crippen molar-refractivity contribution in [2.75, 3.05) is 39.0 Å². The number of phenolic OH excluding ortho intramolecular Hbond substituents is 1. The van der Waals surface area contributed by atoms with Gasteiger partial charge in [-0.3, -0.25) is 4.99 Å². The summed E-state index contributed by atoms with van der Waals surface area (Å²) in [6.45, 7) is 10.2. The lowest BCUT2D eigenvalue weighted by molar-refractivity contribution is 0.376. The molecule has 0 saturated carbocycles. The molecule has 0 amide bonds. The predicted molar refractivity (Wildman–Crippen MR) is 118 cm³/mol. The molecule has 142 valence electrons. The number of thioether (sulfide) groups is 1. The van der Waals surface area contributed by atoms with Crippen LogP contribution in [0.3, 0.4) is 0 Å². The van der Waals surface area contributed by atoms with Crippen molar-refractivity contribution in [1.82, 2.24) is 10.2 Å². The Balaban J connectivity index is 0.00000312. The Hall–Kier alpha value is -0.830. The first-order chi connectivity index (χ1) is 11.4. The van der Waals surface area contributed by atoms with Gasteiger partial charge >= 0.3 is 0 Å². The molecule has 7 heteroatoms. The minimum atomic E-state index is 0. The number of hydrogen-bond donors (Lipinski definition) is 2. The molecular formula is C18H30IN3O2S. The third kappa shape index (κ3) is 6.77. The van der Waals surface area contributed by atoms with Crippen LogP contribution in [-0.2, 0) is 6.42 Å². The van der Waals surface area contributed by atoms with Crippen LogP contribution in [0.2, 0.25) is 0 Å². The van der Waals surface area contributed by atoms with Crippen molar-refractivity contribution in [3.8, 4) is 11.5 Å². The average Bonchev–Trinajstić information content (AvgIpc) is 2.54. The Morgan fingerprint density at radius 1 is 1.44 bits per heavy atom. The van der Waals surface area contributed by atoms with Gasteiger partial charge in [0.1, 0.15) is 11.5 Å². The molecule has 0 unspecified atom stereocenters. The minimum Gasteiger partial charge on any atom is -0.508 e. The van der Waals surface area contributed by atoms with E-state index < -0.39 is 0 Å². The standard InChI is InChI=1S/C18H29N3O2S.HI/c1-5-19-17(21-10-11-24-18(2,3)13-21)20-9-8-14-6-7-15(23-4)12-16(14)22;/h6-7,12,22H,5,8-11,13H2,1-4H3,(H,19,20);1H. The number of nitrogens with one attached hydrogen (secondary N) is 1. The SMILES string of the molecule is CCNC(=NCCc1ccc(OC)cc1O)N1CCSC(C)(C)C1.I. The summed E-state index contributed by atoms with van der Waals surface area (Å²) in [6, 6.07) is 5.42. The van der Waals surface area contributed by atoms with E-state index in [0.717, 1.165) is 36.9 Å². The zero-order chi connectivity index (χ0) is 17.6. The number of benzene rings is 1. The first kappa shape index (κ1) is 22.2. The van der Waals surface area contributed by atoms with Crippen LogP contribution >= 0.6 is 35.7 Å². The van der Waals surface area contributed by atoms with Gasteiger partial charge in [0.25, 0.3) is 0 Å². The Kier molecular flexibility index (Phi) is 9.20. The number of phenols is 1. The monoisotopic (exact) mass is 479 g/mol. The van der Waals surface area contributed by atoms with Crippen LogP contribution in [0, 0.1) is 0 Å². The van der Waals surface area contributed by atoms with Gasteiger partial charge in [0.15, 0.2) is 5.96 Å². The second kappa shape index (κ2) is 10.4. The van der Waals surface area contributed by atoms with Gasteiger partial charge < -0.3 is 20.1 Å². The second-order valence-corrected chi connectivity index (χ2v) is 8.31. The number of nitrogens with zero attached hydrogens (tertiary/aromatic N) is 2. The summed E-state index contributed by atoms with van der Waals surface area (Å²) in [4.78, 5) is 7.10. The van der Waals surface area contributed by atoms with Gasteiger partial charge in [-0.1, -0.05) is 6.07 Å². The number of methoxy groups -OCH3 is 1. The molecule has 1 aromatic rings. The molecule has 1 aromatic carbocycles. The number of hydrogen-bond acceptors (Lipinski definition) is 4. The van der Waals surface area contributed by atoms with Crippen molar-refractivity contribution in [1.29, 1.82) is 0 Å². The highest BCUT2D eigenvalue weighted by Crippen LogP contribution is 2.29. The van der Waals surface area contributed by atoms with Crippen LogP contribution in [0.15, 0.2) is 23.2 Å². The lowest BCUT2D eigenvalue weighted by Crippen LogP contribution is -2.51. The molecule has 1 aliphatic rings. The average molecular weight is 479 g/mol. The van der Waals surface area contributed by atoms with E-state index in [2.05, 4.69) is 31.0 Å². The number of aliphatic imine (C=N–C) groups is 1. The first-order valence-corrected chi connectivity index (χ1v) is 9.47. The first-order valence-electron chi connectivity index (χ1n) is 8.48. The van der Waals surface area contributed by atoms with Crippen LogP contribution < -0.4 is 10.1 Å². The van der Waals surface area contributed by atoms with Crippen molar-refractivity contribution in [3.63, 3.8) is 0 Å². The molecule has 2 N–H and O–H groups in total. The molecule has 0 aromatic heterocycles. The lowest BCUT2D eigenvalue weighted by atomic mass is 10.1. The molecule has 0 aliphatic carbocycles. The highest BCUT2D eigenvalue weighted by atomic mass is 127. The highest BCUT2D eigenvalue weighted by molar-refractivity contribution is 14.0. The van der Waals surface area contributed by atoms with Crippen LogP contribution in [-0.4, -0.2) is 59.8 Å². The maximum Gasteiger partial charge on any atom is 0.193 e. The molecule has 0 atom stereocenters. The summed E-state index contributed by atoms with van der Waals surface area (Å²) >= 11 is 2.02. The van der Waals surface area contributed by atoms with Crippen LogP contribution in [0.1, 0.15) is 26.3 Å². The zero-order valence-electron chi connectivity index (χ0n) is 15.5. The van der Waals surface area contributed by atoms with Gasteiger partial charge in [-0.05, 0) is 38.8 Å². The van der Waals surface area contributed by atoms with Crippen LogP contribution in [0.5, 0.6) is 11.5 Å². The van der Waals surface area contributed by atoms with E-state index in [0.29, 0.717) is 18.7 Å². The van der Waals surface area contributed by atoms with E-state index in [1.165, 1.54) is 0 Å². The van der Waals surface area contributed by atoms with E-state index in [-0.39, 0.29) is 34.5 Å². The fourth-order valence-electron chi connectivity index (χ4n) is 2.79. The number of halogens is 1. The van der Waals surface area contributed by atoms with E-state index in [4.69, 9.17) is 9.73 Å².